The Morgan fingerprint density at radius 3 is 2.09 bits per heavy atom. The standard InChI is InChI=1S/C19H25NOS/c1-13-10-14(2)19(15(3)11-13)16(4)20-12-17-6-8-18(9-7-17)22(5)21/h6-11,16,20H,12H2,1-5H3. The van der Waals surface area contributed by atoms with E-state index in [0.717, 1.165) is 11.4 Å². The van der Waals surface area contributed by atoms with Crippen LogP contribution in [0.15, 0.2) is 41.3 Å². The highest BCUT2D eigenvalue weighted by molar-refractivity contribution is 7.84. The van der Waals surface area contributed by atoms with Gasteiger partial charge in [0.2, 0.25) is 0 Å². The molecule has 0 bridgehead atoms. The Kier molecular flexibility index (Phi) is 5.54. The molecule has 0 aromatic heterocycles. The molecule has 2 atom stereocenters. The van der Waals surface area contributed by atoms with Crippen molar-refractivity contribution in [1.29, 1.82) is 0 Å². The minimum absolute atomic E-state index is 0.306. The van der Waals surface area contributed by atoms with E-state index in [1.165, 1.54) is 27.8 Å². The van der Waals surface area contributed by atoms with Crippen molar-refractivity contribution in [3.05, 3.63) is 64.2 Å². The Bertz CT molecular complexity index is 653. The maximum Gasteiger partial charge on any atom is 0.0498 e. The molecule has 2 rings (SSSR count). The lowest BCUT2D eigenvalue weighted by Gasteiger charge is -2.20. The van der Waals surface area contributed by atoms with Gasteiger partial charge in [-0.05, 0) is 62.1 Å². The molecular formula is C19H25NOS. The van der Waals surface area contributed by atoms with Crippen molar-refractivity contribution in [2.45, 2.75) is 45.2 Å². The molecule has 118 valence electrons. The summed E-state index contributed by atoms with van der Waals surface area (Å²) in [6.07, 6.45) is 1.71. The van der Waals surface area contributed by atoms with Gasteiger partial charge in [0.25, 0.3) is 0 Å². The van der Waals surface area contributed by atoms with E-state index in [9.17, 15) is 4.21 Å². The average molecular weight is 315 g/mol. The van der Waals surface area contributed by atoms with Crippen LogP contribution in [0.1, 0.15) is 40.8 Å². The zero-order chi connectivity index (χ0) is 16.3. The third-order valence-corrected chi connectivity index (χ3v) is 4.97. The molecule has 0 saturated carbocycles. The van der Waals surface area contributed by atoms with Crippen LogP contribution in [0.2, 0.25) is 0 Å². The van der Waals surface area contributed by atoms with Crippen LogP contribution in [-0.2, 0) is 17.3 Å². The van der Waals surface area contributed by atoms with Gasteiger partial charge in [0.05, 0.1) is 0 Å². The van der Waals surface area contributed by atoms with Crippen molar-refractivity contribution in [1.82, 2.24) is 5.32 Å². The molecule has 2 unspecified atom stereocenters. The SMILES string of the molecule is Cc1cc(C)c(C(C)NCc2ccc(S(C)=O)cc2)c(C)c1. The molecule has 3 heteroatoms. The van der Waals surface area contributed by atoms with E-state index in [1.807, 2.05) is 24.3 Å². The fourth-order valence-corrected chi connectivity index (χ4v) is 3.57. The van der Waals surface area contributed by atoms with Crippen LogP contribution < -0.4 is 5.32 Å². The summed E-state index contributed by atoms with van der Waals surface area (Å²) in [5.74, 6) is 0. The monoisotopic (exact) mass is 315 g/mol. The maximum absolute atomic E-state index is 11.4. The molecule has 0 heterocycles. The lowest BCUT2D eigenvalue weighted by molar-refractivity contribution is 0.569. The molecule has 2 aromatic carbocycles. The molecule has 0 aliphatic rings. The predicted octanol–water partition coefficient (Wildman–Crippen LogP) is 4.20. The van der Waals surface area contributed by atoms with E-state index < -0.39 is 10.8 Å². The summed E-state index contributed by atoms with van der Waals surface area (Å²) < 4.78 is 11.4. The van der Waals surface area contributed by atoms with Gasteiger partial charge in [0.15, 0.2) is 0 Å². The van der Waals surface area contributed by atoms with Crippen LogP contribution in [0.4, 0.5) is 0 Å². The van der Waals surface area contributed by atoms with Crippen molar-refractivity contribution in [3.63, 3.8) is 0 Å². The highest BCUT2D eigenvalue weighted by atomic mass is 32.2. The summed E-state index contributed by atoms with van der Waals surface area (Å²) in [7, 11) is -0.909. The normalized spacial score (nSPS) is 13.9. The molecule has 0 radical (unpaired) electrons. The Morgan fingerprint density at radius 1 is 1.05 bits per heavy atom. The van der Waals surface area contributed by atoms with Gasteiger partial charge in [0.1, 0.15) is 0 Å². The van der Waals surface area contributed by atoms with Crippen molar-refractivity contribution in [3.8, 4) is 0 Å². The van der Waals surface area contributed by atoms with E-state index in [1.54, 1.807) is 6.26 Å². The van der Waals surface area contributed by atoms with Gasteiger partial charge in [-0.2, -0.15) is 0 Å². The third-order valence-electron chi connectivity index (χ3n) is 4.04. The average Bonchev–Trinajstić information content (AvgIpc) is 2.44. The summed E-state index contributed by atoms with van der Waals surface area (Å²) in [5.41, 5.74) is 6.60. The molecule has 0 spiro atoms. The molecule has 22 heavy (non-hydrogen) atoms. The van der Waals surface area contributed by atoms with Crippen LogP contribution in [-0.4, -0.2) is 10.5 Å². The van der Waals surface area contributed by atoms with E-state index in [0.29, 0.717) is 6.04 Å². The Balaban J connectivity index is 2.07. The molecule has 1 N–H and O–H groups in total. The van der Waals surface area contributed by atoms with Crippen molar-refractivity contribution in [2.24, 2.45) is 0 Å². The molecule has 0 amide bonds. The van der Waals surface area contributed by atoms with E-state index in [2.05, 4.69) is 45.1 Å². The quantitative estimate of drug-likeness (QED) is 0.896. The molecule has 0 fully saturated rings. The highest BCUT2D eigenvalue weighted by Gasteiger charge is 2.11. The number of rotatable bonds is 5. The zero-order valence-corrected chi connectivity index (χ0v) is 14.9. The van der Waals surface area contributed by atoms with Gasteiger partial charge in [0, 0.05) is 34.5 Å². The van der Waals surface area contributed by atoms with Crippen LogP contribution in [0, 0.1) is 20.8 Å². The van der Waals surface area contributed by atoms with Crippen molar-refractivity contribution in [2.75, 3.05) is 6.26 Å². The molecule has 2 aromatic rings. The van der Waals surface area contributed by atoms with Crippen LogP contribution >= 0.6 is 0 Å². The first-order valence-corrected chi connectivity index (χ1v) is 9.17. The van der Waals surface area contributed by atoms with E-state index >= 15 is 0 Å². The van der Waals surface area contributed by atoms with Gasteiger partial charge in [-0.1, -0.05) is 29.8 Å². The minimum atomic E-state index is -0.909. The predicted molar refractivity (Wildman–Crippen MR) is 94.7 cm³/mol. The first-order valence-electron chi connectivity index (χ1n) is 7.62. The second kappa shape index (κ2) is 7.21. The number of hydrogen-bond acceptors (Lipinski definition) is 2. The lowest BCUT2D eigenvalue weighted by Crippen LogP contribution is -2.20. The smallest absolute Gasteiger partial charge is 0.0498 e. The lowest BCUT2D eigenvalue weighted by atomic mass is 9.95. The number of aryl methyl sites for hydroxylation is 3. The van der Waals surface area contributed by atoms with E-state index in [-0.39, 0.29) is 0 Å². The molecule has 0 saturated heterocycles. The number of nitrogens with one attached hydrogen (secondary N) is 1. The van der Waals surface area contributed by atoms with Gasteiger partial charge in [-0.25, -0.2) is 0 Å². The first-order chi connectivity index (χ1) is 10.4. The Hall–Kier alpha value is -1.45. The van der Waals surface area contributed by atoms with Gasteiger partial charge >= 0.3 is 0 Å². The second-order valence-electron chi connectivity index (χ2n) is 6.01. The van der Waals surface area contributed by atoms with Crippen LogP contribution in [0.5, 0.6) is 0 Å². The Morgan fingerprint density at radius 2 is 1.59 bits per heavy atom. The van der Waals surface area contributed by atoms with Crippen molar-refractivity contribution < 1.29 is 4.21 Å². The molecule has 0 aliphatic carbocycles. The fourth-order valence-electron chi connectivity index (χ4n) is 3.05. The van der Waals surface area contributed by atoms with Crippen molar-refractivity contribution >= 4 is 10.8 Å². The largest absolute Gasteiger partial charge is 0.306 e. The summed E-state index contributed by atoms with van der Waals surface area (Å²) in [4.78, 5) is 0.877. The number of hydrogen-bond donors (Lipinski definition) is 1. The zero-order valence-electron chi connectivity index (χ0n) is 14.1. The first kappa shape index (κ1) is 16.9. The van der Waals surface area contributed by atoms with Gasteiger partial charge in [-0.15, -0.1) is 0 Å². The second-order valence-corrected chi connectivity index (χ2v) is 7.39. The van der Waals surface area contributed by atoms with E-state index in [4.69, 9.17) is 0 Å². The molecule has 0 aliphatic heterocycles. The Labute approximate surface area is 136 Å². The minimum Gasteiger partial charge on any atom is -0.306 e. The summed E-state index contributed by atoms with van der Waals surface area (Å²) >= 11 is 0. The number of benzene rings is 2. The van der Waals surface area contributed by atoms with Crippen LogP contribution in [0.25, 0.3) is 0 Å². The van der Waals surface area contributed by atoms with Crippen LogP contribution in [0.3, 0.4) is 0 Å². The fraction of sp³-hybridized carbons (Fsp3) is 0.368. The van der Waals surface area contributed by atoms with Gasteiger partial charge < -0.3 is 5.32 Å². The molecule has 2 nitrogen and oxygen atoms in total. The summed E-state index contributed by atoms with van der Waals surface area (Å²) in [6.45, 7) is 9.52. The van der Waals surface area contributed by atoms with Gasteiger partial charge in [-0.3, -0.25) is 4.21 Å². The third kappa shape index (κ3) is 4.05. The summed E-state index contributed by atoms with van der Waals surface area (Å²) in [6, 6.07) is 12.8. The summed E-state index contributed by atoms with van der Waals surface area (Å²) in [5, 5.41) is 3.59. The topological polar surface area (TPSA) is 29.1 Å². The molecular weight excluding hydrogens is 290 g/mol. The highest BCUT2D eigenvalue weighted by Crippen LogP contribution is 2.23. The maximum atomic E-state index is 11.4.